The summed E-state index contributed by atoms with van der Waals surface area (Å²) in [5.41, 5.74) is 3.77. The van der Waals surface area contributed by atoms with Crippen molar-refractivity contribution in [1.29, 1.82) is 0 Å². The highest BCUT2D eigenvalue weighted by Crippen LogP contribution is 2.36. The summed E-state index contributed by atoms with van der Waals surface area (Å²) in [4.78, 5) is 2.57. The van der Waals surface area contributed by atoms with Crippen LogP contribution in [0.1, 0.15) is 104 Å². The van der Waals surface area contributed by atoms with E-state index in [1.807, 2.05) is 0 Å². The Morgan fingerprint density at radius 1 is 0.618 bits per heavy atom. The zero-order valence-electron chi connectivity index (χ0n) is 23.7. The molecular weight excluding hydrogens is 414 g/mol. The van der Waals surface area contributed by atoms with Crippen LogP contribution in [0.5, 0.6) is 0 Å². The molecule has 1 N–H and O–H groups in total. The molecule has 2 rings (SSSR count). The Balaban J connectivity index is 2.35. The van der Waals surface area contributed by atoms with Crippen molar-refractivity contribution in [1.82, 2.24) is 4.90 Å². The quantitative estimate of drug-likeness (QED) is 0.385. The minimum Gasteiger partial charge on any atom is -0.380 e. The van der Waals surface area contributed by atoms with Crippen molar-refractivity contribution >= 4 is 0 Å². The highest BCUT2D eigenvalue weighted by Gasteiger charge is 2.32. The van der Waals surface area contributed by atoms with E-state index in [9.17, 15) is 5.11 Å². The molecule has 2 aromatic carbocycles. The number of benzene rings is 2. The maximum absolute atomic E-state index is 12.2. The Morgan fingerprint density at radius 3 is 1.24 bits per heavy atom. The predicted molar refractivity (Wildman–Crippen MR) is 149 cm³/mol. The van der Waals surface area contributed by atoms with Crippen LogP contribution in [-0.2, 0) is 16.4 Å². The van der Waals surface area contributed by atoms with Gasteiger partial charge in [-0.05, 0) is 64.3 Å². The molecule has 0 aliphatic heterocycles. The zero-order valence-corrected chi connectivity index (χ0v) is 23.7. The lowest BCUT2D eigenvalue weighted by Crippen LogP contribution is -2.34. The van der Waals surface area contributed by atoms with Crippen molar-refractivity contribution in [3.63, 3.8) is 0 Å². The van der Waals surface area contributed by atoms with Crippen molar-refractivity contribution in [3.8, 4) is 0 Å². The van der Waals surface area contributed by atoms with Crippen molar-refractivity contribution < 1.29 is 5.11 Å². The third kappa shape index (κ3) is 7.95. The van der Waals surface area contributed by atoms with Crippen LogP contribution in [0.4, 0.5) is 0 Å². The van der Waals surface area contributed by atoms with Gasteiger partial charge < -0.3 is 10.0 Å². The van der Waals surface area contributed by atoms with E-state index >= 15 is 0 Å². The van der Waals surface area contributed by atoms with E-state index in [1.54, 1.807) is 0 Å². The van der Waals surface area contributed by atoms with Gasteiger partial charge in [0.1, 0.15) is 5.60 Å². The summed E-state index contributed by atoms with van der Waals surface area (Å²) in [5, 5.41) is 12.2. The van der Waals surface area contributed by atoms with Gasteiger partial charge in [0.15, 0.2) is 0 Å². The van der Waals surface area contributed by atoms with Crippen LogP contribution in [0.25, 0.3) is 0 Å². The molecule has 0 atom stereocenters. The molecule has 0 aromatic heterocycles. The van der Waals surface area contributed by atoms with E-state index in [4.69, 9.17) is 0 Å². The lowest BCUT2D eigenvalue weighted by Gasteiger charge is -2.33. The SMILES string of the molecule is CC(C)CN(CCCC(O)(c1ccc(C(C)(C)C)cc1)c1ccc(C(C)(C)C)cc1)CC(C)C. The maximum atomic E-state index is 12.2. The van der Waals surface area contributed by atoms with Crippen LogP contribution in [0.2, 0.25) is 0 Å². The van der Waals surface area contributed by atoms with Gasteiger partial charge in [-0.3, -0.25) is 0 Å². The minimum absolute atomic E-state index is 0.0964. The number of hydrogen-bond donors (Lipinski definition) is 1. The molecule has 0 fully saturated rings. The molecule has 0 saturated heterocycles. The first-order valence-corrected chi connectivity index (χ1v) is 13.3. The maximum Gasteiger partial charge on any atom is 0.115 e. The second-order valence-electron chi connectivity index (χ2n) is 13.2. The molecule has 0 saturated carbocycles. The number of aliphatic hydroxyl groups is 1. The van der Waals surface area contributed by atoms with Gasteiger partial charge in [-0.15, -0.1) is 0 Å². The molecule has 2 aromatic rings. The van der Waals surface area contributed by atoms with Crippen LogP contribution >= 0.6 is 0 Å². The van der Waals surface area contributed by atoms with E-state index in [0.717, 1.165) is 37.2 Å². The average molecular weight is 466 g/mol. The molecule has 0 aliphatic carbocycles. The second-order valence-corrected chi connectivity index (χ2v) is 13.2. The molecule has 0 spiro atoms. The Hall–Kier alpha value is -1.64. The van der Waals surface area contributed by atoms with Gasteiger partial charge in [-0.1, -0.05) is 118 Å². The normalized spacial score (nSPS) is 13.4. The minimum atomic E-state index is -0.992. The molecule has 0 unspecified atom stereocenters. The average Bonchev–Trinajstić information content (AvgIpc) is 2.71. The summed E-state index contributed by atoms with van der Waals surface area (Å²) in [7, 11) is 0. The summed E-state index contributed by atoms with van der Waals surface area (Å²) in [6.45, 7) is 25.8. The summed E-state index contributed by atoms with van der Waals surface area (Å²) in [5.74, 6) is 1.29. The van der Waals surface area contributed by atoms with E-state index < -0.39 is 5.60 Å². The first-order valence-electron chi connectivity index (χ1n) is 13.3. The van der Waals surface area contributed by atoms with Crippen LogP contribution in [0.15, 0.2) is 48.5 Å². The van der Waals surface area contributed by atoms with E-state index in [0.29, 0.717) is 18.3 Å². The molecule has 0 radical (unpaired) electrons. The lowest BCUT2D eigenvalue weighted by atomic mass is 9.79. The predicted octanol–water partition coefficient (Wildman–Crippen LogP) is 7.91. The number of rotatable bonds is 10. The summed E-state index contributed by atoms with van der Waals surface area (Å²) >= 11 is 0. The first kappa shape index (κ1) is 28.6. The van der Waals surface area contributed by atoms with Gasteiger partial charge >= 0.3 is 0 Å². The van der Waals surface area contributed by atoms with Gasteiger partial charge in [0.25, 0.3) is 0 Å². The van der Waals surface area contributed by atoms with Crippen molar-refractivity contribution in [2.24, 2.45) is 11.8 Å². The standard InChI is InChI=1S/C32H51NO/c1-24(2)22-33(23-25(3)4)21-11-20-32(34,28-16-12-26(13-17-28)30(5,6)7)29-18-14-27(15-19-29)31(8,9)10/h12-19,24-25,34H,11,20-23H2,1-10H3. The molecule has 0 amide bonds. The van der Waals surface area contributed by atoms with Crippen LogP contribution in [0, 0.1) is 11.8 Å². The number of hydrogen-bond acceptors (Lipinski definition) is 2. The van der Waals surface area contributed by atoms with Crippen LogP contribution in [0.3, 0.4) is 0 Å². The van der Waals surface area contributed by atoms with Crippen molar-refractivity contribution in [2.45, 2.75) is 98.5 Å². The van der Waals surface area contributed by atoms with Crippen molar-refractivity contribution in [2.75, 3.05) is 19.6 Å². The molecule has 0 heterocycles. The Kier molecular flexibility index (Phi) is 9.59. The van der Waals surface area contributed by atoms with Gasteiger partial charge in [-0.2, -0.15) is 0 Å². The Labute approximate surface area is 210 Å². The molecule has 2 heteroatoms. The molecule has 34 heavy (non-hydrogen) atoms. The summed E-state index contributed by atoms with van der Waals surface area (Å²) < 4.78 is 0. The third-order valence-corrected chi connectivity index (χ3v) is 6.72. The monoisotopic (exact) mass is 465 g/mol. The van der Waals surface area contributed by atoms with E-state index in [2.05, 4.69) is 123 Å². The highest BCUT2D eigenvalue weighted by atomic mass is 16.3. The molecular formula is C32H51NO. The number of nitrogens with zero attached hydrogens (tertiary/aromatic N) is 1. The fourth-order valence-electron chi connectivity index (χ4n) is 4.80. The van der Waals surface area contributed by atoms with Gasteiger partial charge in [0.2, 0.25) is 0 Å². The second kappa shape index (κ2) is 11.4. The fourth-order valence-corrected chi connectivity index (χ4v) is 4.80. The van der Waals surface area contributed by atoms with E-state index in [1.165, 1.54) is 11.1 Å². The molecule has 0 aliphatic rings. The van der Waals surface area contributed by atoms with Crippen molar-refractivity contribution in [3.05, 3.63) is 70.8 Å². The van der Waals surface area contributed by atoms with Gasteiger partial charge in [0.05, 0.1) is 0 Å². The summed E-state index contributed by atoms with van der Waals surface area (Å²) in [6.07, 6.45) is 1.67. The molecule has 0 bridgehead atoms. The Bertz CT molecular complexity index is 796. The zero-order chi connectivity index (χ0) is 25.7. The third-order valence-electron chi connectivity index (χ3n) is 6.72. The largest absolute Gasteiger partial charge is 0.380 e. The first-order chi connectivity index (χ1) is 15.6. The molecule has 2 nitrogen and oxygen atoms in total. The topological polar surface area (TPSA) is 23.5 Å². The highest BCUT2D eigenvalue weighted by molar-refractivity contribution is 5.40. The van der Waals surface area contributed by atoms with Gasteiger partial charge in [0, 0.05) is 13.1 Å². The fraction of sp³-hybridized carbons (Fsp3) is 0.625. The van der Waals surface area contributed by atoms with Crippen LogP contribution < -0.4 is 0 Å². The van der Waals surface area contributed by atoms with Crippen LogP contribution in [-0.4, -0.2) is 29.6 Å². The Morgan fingerprint density at radius 2 is 0.941 bits per heavy atom. The smallest absolute Gasteiger partial charge is 0.115 e. The van der Waals surface area contributed by atoms with E-state index in [-0.39, 0.29) is 10.8 Å². The molecule has 190 valence electrons. The summed E-state index contributed by atoms with van der Waals surface area (Å²) in [6, 6.07) is 17.3. The van der Waals surface area contributed by atoms with Gasteiger partial charge in [-0.25, -0.2) is 0 Å². The lowest BCUT2D eigenvalue weighted by molar-refractivity contribution is 0.0635.